The highest BCUT2D eigenvalue weighted by molar-refractivity contribution is 6.07. The van der Waals surface area contributed by atoms with Crippen molar-refractivity contribution < 1.29 is 14.3 Å². The molecule has 0 aromatic heterocycles. The third kappa shape index (κ3) is 3.60. The highest BCUT2D eigenvalue weighted by atomic mass is 16.6. The van der Waals surface area contributed by atoms with Gasteiger partial charge in [-0.05, 0) is 31.2 Å². The zero-order chi connectivity index (χ0) is 19.7. The second kappa shape index (κ2) is 7.70. The van der Waals surface area contributed by atoms with E-state index in [-0.39, 0.29) is 11.9 Å². The van der Waals surface area contributed by atoms with Crippen molar-refractivity contribution in [3.63, 3.8) is 0 Å². The number of benzene rings is 1. The largest absolute Gasteiger partial charge is 0.450 e. The predicted molar refractivity (Wildman–Crippen MR) is 107 cm³/mol. The first-order valence-corrected chi connectivity index (χ1v) is 10.5. The maximum Gasteiger partial charge on any atom is 0.335 e. The number of hydrogen-bond acceptors (Lipinski definition) is 4. The number of piperidine rings is 2. The molecule has 3 aliphatic rings. The highest BCUT2D eigenvalue weighted by Gasteiger charge is 2.51. The number of carbonyl (C=O) groups is 2. The van der Waals surface area contributed by atoms with Crippen molar-refractivity contribution in [1.82, 2.24) is 9.80 Å². The van der Waals surface area contributed by atoms with Gasteiger partial charge in [0.05, 0.1) is 5.57 Å². The van der Waals surface area contributed by atoms with Crippen LogP contribution in [0.4, 0.5) is 0 Å². The Morgan fingerprint density at radius 2 is 1.75 bits per heavy atom. The summed E-state index contributed by atoms with van der Waals surface area (Å²) in [5.74, 6) is 0.368. The lowest BCUT2D eigenvalue weighted by molar-refractivity contribution is -0.151. The van der Waals surface area contributed by atoms with Gasteiger partial charge >= 0.3 is 5.97 Å². The molecule has 0 atom stereocenters. The monoisotopic (exact) mass is 382 g/mol. The molecule has 5 heteroatoms. The summed E-state index contributed by atoms with van der Waals surface area (Å²) in [6.07, 6.45) is 3.44. The lowest BCUT2D eigenvalue weighted by Gasteiger charge is -2.41. The molecule has 1 spiro atoms. The van der Waals surface area contributed by atoms with Crippen LogP contribution in [0.25, 0.3) is 0 Å². The Morgan fingerprint density at radius 1 is 1.11 bits per heavy atom. The second-order valence-corrected chi connectivity index (χ2v) is 8.62. The van der Waals surface area contributed by atoms with Crippen molar-refractivity contribution in [3.8, 4) is 0 Å². The van der Waals surface area contributed by atoms with Crippen molar-refractivity contribution >= 4 is 11.9 Å². The van der Waals surface area contributed by atoms with E-state index in [1.807, 2.05) is 11.0 Å². The summed E-state index contributed by atoms with van der Waals surface area (Å²) in [5, 5.41) is 0. The van der Waals surface area contributed by atoms with E-state index in [0.717, 1.165) is 45.6 Å². The van der Waals surface area contributed by atoms with Crippen LogP contribution in [0.2, 0.25) is 0 Å². The normalized spacial score (nSPS) is 23.4. The van der Waals surface area contributed by atoms with Crippen molar-refractivity contribution in [2.75, 3.05) is 26.2 Å². The van der Waals surface area contributed by atoms with E-state index < -0.39 is 5.60 Å². The highest BCUT2D eigenvalue weighted by Crippen LogP contribution is 2.42. The van der Waals surface area contributed by atoms with Gasteiger partial charge in [-0.3, -0.25) is 9.69 Å². The lowest BCUT2D eigenvalue weighted by Crippen LogP contribution is -2.50. The van der Waals surface area contributed by atoms with Gasteiger partial charge in [-0.2, -0.15) is 0 Å². The van der Waals surface area contributed by atoms with Gasteiger partial charge in [-0.25, -0.2) is 4.79 Å². The van der Waals surface area contributed by atoms with Gasteiger partial charge in [0, 0.05) is 51.1 Å². The summed E-state index contributed by atoms with van der Waals surface area (Å²) in [4.78, 5) is 30.0. The van der Waals surface area contributed by atoms with E-state index in [2.05, 4.69) is 36.1 Å². The number of rotatable bonds is 3. The Kier molecular flexibility index (Phi) is 5.28. The van der Waals surface area contributed by atoms with Crippen LogP contribution in [0.1, 0.15) is 45.1 Å². The minimum Gasteiger partial charge on any atom is -0.450 e. The number of amides is 1. The number of esters is 1. The molecular weight excluding hydrogens is 352 g/mol. The van der Waals surface area contributed by atoms with Crippen LogP contribution in [0.15, 0.2) is 41.5 Å². The van der Waals surface area contributed by atoms with E-state index in [1.165, 1.54) is 5.56 Å². The van der Waals surface area contributed by atoms with Crippen LogP contribution in [-0.2, 0) is 20.9 Å². The van der Waals surface area contributed by atoms with Crippen molar-refractivity contribution in [2.24, 2.45) is 5.92 Å². The minimum atomic E-state index is -0.728. The van der Waals surface area contributed by atoms with Crippen LogP contribution in [0.5, 0.6) is 0 Å². The number of carbonyl (C=O) groups excluding carboxylic acids is 2. The minimum absolute atomic E-state index is 0.0201. The van der Waals surface area contributed by atoms with E-state index in [0.29, 0.717) is 29.9 Å². The Balaban J connectivity index is 1.47. The van der Waals surface area contributed by atoms with E-state index in [1.54, 1.807) is 6.92 Å². The Morgan fingerprint density at radius 3 is 2.39 bits per heavy atom. The Labute approximate surface area is 167 Å². The summed E-state index contributed by atoms with van der Waals surface area (Å²) in [5.41, 5.74) is 1.70. The van der Waals surface area contributed by atoms with Crippen LogP contribution in [0, 0.1) is 5.92 Å². The fraction of sp³-hybridized carbons (Fsp3) is 0.565. The second-order valence-electron chi connectivity index (χ2n) is 8.62. The lowest BCUT2D eigenvalue weighted by atomic mass is 9.82. The fourth-order valence-corrected chi connectivity index (χ4v) is 4.74. The maximum absolute atomic E-state index is 13.3. The van der Waals surface area contributed by atoms with Gasteiger partial charge in [0.25, 0.3) is 5.91 Å². The molecular formula is C23H30N2O3. The maximum atomic E-state index is 13.3. The van der Waals surface area contributed by atoms with Gasteiger partial charge in [0.2, 0.25) is 0 Å². The molecule has 0 radical (unpaired) electrons. The van der Waals surface area contributed by atoms with Gasteiger partial charge in [0.15, 0.2) is 0 Å². The van der Waals surface area contributed by atoms with E-state index in [9.17, 15) is 9.59 Å². The number of hydrogen-bond donors (Lipinski definition) is 0. The molecule has 1 amide bonds. The van der Waals surface area contributed by atoms with Crippen molar-refractivity contribution in [3.05, 3.63) is 47.0 Å². The first-order valence-electron chi connectivity index (χ1n) is 10.5. The average Bonchev–Trinajstić information content (AvgIpc) is 2.94. The Hall–Kier alpha value is -2.14. The molecule has 3 heterocycles. The quantitative estimate of drug-likeness (QED) is 0.754. The molecule has 0 N–H and O–H groups in total. The van der Waals surface area contributed by atoms with Gasteiger partial charge in [-0.1, -0.05) is 37.3 Å². The zero-order valence-electron chi connectivity index (χ0n) is 16.9. The van der Waals surface area contributed by atoms with Crippen LogP contribution >= 0.6 is 0 Å². The standard InChI is InChI=1S/C23H30N2O3/c1-17-8-12-25(13-9-17)21(26)20-18(2)22(27)28-23(20)10-14-24(15-11-23)16-19-6-4-3-5-7-19/h3-7,17H,8-16H2,1-2H3. The van der Waals surface area contributed by atoms with Crippen molar-refractivity contribution in [2.45, 2.75) is 51.7 Å². The first kappa shape index (κ1) is 19.2. The molecule has 0 unspecified atom stereocenters. The molecule has 0 bridgehead atoms. The Bertz CT molecular complexity index is 770. The molecule has 0 saturated carbocycles. The number of likely N-dealkylation sites (tertiary alicyclic amines) is 2. The zero-order valence-corrected chi connectivity index (χ0v) is 16.9. The average molecular weight is 383 g/mol. The third-order valence-corrected chi connectivity index (χ3v) is 6.62. The van der Waals surface area contributed by atoms with Gasteiger partial charge in [0.1, 0.15) is 5.60 Å². The molecule has 150 valence electrons. The van der Waals surface area contributed by atoms with Gasteiger partial charge in [-0.15, -0.1) is 0 Å². The molecule has 1 aromatic carbocycles. The summed E-state index contributed by atoms with van der Waals surface area (Å²) in [6, 6.07) is 10.4. The van der Waals surface area contributed by atoms with E-state index >= 15 is 0 Å². The number of ether oxygens (including phenoxy) is 1. The fourth-order valence-electron chi connectivity index (χ4n) is 4.74. The molecule has 1 aromatic rings. The molecule has 28 heavy (non-hydrogen) atoms. The van der Waals surface area contributed by atoms with Crippen molar-refractivity contribution in [1.29, 1.82) is 0 Å². The molecule has 2 fully saturated rings. The molecule has 2 saturated heterocycles. The van der Waals surface area contributed by atoms with Crippen LogP contribution in [0.3, 0.4) is 0 Å². The third-order valence-electron chi connectivity index (χ3n) is 6.62. The summed E-state index contributed by atoms with van der Waals surface area (Å²) < 4.78 is 5.86. The summed E-state index contributed by atoms with van der Waals surface area (Å²) >= 11 is 0. The molecule has 4 rings (SSSR count). The van der Waals surface area contributed by atoms with E-state index in [4.69, 9.17) is 4.74 Å². The van der Waals surface area contributed by atoms with Crippen LogP contribution in [-0.4, -0.2) is 53.5 Å². The van der Waals surface area contributed by atoms with Crippen LogP contribution < -0.4 is 0 Å². The SMILES string of the molecule is CC1=C(C(=O)N2CCC(C)CC2)C2(CCN(Cc3ccccc3)CC2)OC1=O. The summed E-state index contributed by atoms with van der Waals surface area (Å²) in [6.45, 7) is 8.08. The first-order chi connectivity index (χ1) is 13.5. The number of nitrogens with zero attached hydrogens (tertiary/aromatic N) is 2. The molecule has 3 aliphatic heterocycles. The van der Waals surface area contributed by atoms with Gasteiger partial charge < -0.3 is 9.64 Å². The predicted octanol–water partition coefficient (Wildman–Crippen LogP) is 3.15. The topological polar surface area (TPSA) is 49.9 Å². The smallest absolute Gasteiger partial charge is 0.335 e. The summed E-state index contributed by atoms with van der Waals surface area (Å²) in [7, 11) is 0. The molecule has 0 aliphatic carbocycles. The molecule has 5 nitrogen and oxygen atoms in total.